The van der Waals surface area contributed by atoms with Crippen molar-refractivity contribution in [3.05, 3.63) is 41.5 Å². The van der Waals surface area contributed by atoms with Crippen LogP contribution in [0.1, 0.15) is 18.4 Å². The van der Waals surface area contributed by atoms with Crippen molar-refractivity contribution >= 4 is 12.0 Å². The van der Waals surface area contributed by atoms with Gasteiger partial charge in [0.2, 0.25) is 11.8 Å². The van der Waals surface area contributed by atoms with Gasteiger partial charge in [0, 0.05) is 26.2 Å². The minimum Gasteiger partial charge on any atom is -0.450 e. The maximum atomic E-state index is 13.9. The van der Waals surface area contributed by atoms with E-state index in [1.807, 2.05) is 0 Å². The number of piperazine rings is 1. The summed E-state index contributed by atoms with van der Waals surface area (Å²) in [5.74, 6) is 0.133. The molecule has 1 aromatic heterocycles. The van der Waals surface area contributed by atoms with Gasteiger partial charge in [-0.15, -0.1) is 0 Å². The van der Waals surface area contributed by atoms with Crippen molar-refractivity contribution in [1.82, 2.24) is 14.8 Å². The second kappa shape index (κ2) is 8.20. The Labute approximate surface area is 156 Å². The van der Waals surface area contributed by atoms with E-state index in [9.17, 15) is 14.0 Å². The quantitative estimate of drug-likeness (QED) is 0.821. The Morgan fingerprint density at radius 1 is 1.19 bits per heavy atom. The maximum Gasteiger partial charge on any atom is 0.409 e. The van der Waals surface area contributed by atoms with Gasteiger partial charge in [-0.25, -0.2) is 14.2 Å². The standard InChI is InChI=1S/C19H22FN3O4/c1-3-26-19(25)23-10-8-22(9-11-23)17(24)12-16-13(2)27-18(21-16)14-6-4-5-7-15(14)20/h4-7H,3,8-12H2,1-2H3. The fraction of sp³-hybridized carbons (Fsp3) is 0.421. The first-order chi connectivity index (χ1) is 13.0. The Balaban J connectivity index is 1.62. The van der Waals surface area contributed by atoms with E-state index in [4.69, 9.17) is 9.15 Å². The van der Waals surface area contributed by atoms with Crippen LogP contribution in [0.4, 0.5) is 9.18 Å². The largest absolute Gasteiger partial charge is 0.450 e. The summed E-state index contributed by atoms with van der Waals surface area (Å²) in [6.45, 7) is 5.54. The van der Waals surface area contributed by atoms with Crippen molar-refractivity contribution in [2.24, 2.45) is 0 Å². The molecule has 2 amide bonds. The van der Waals surface area contributed by atoms with Crippen LogP contribution in [0, 0.1) is 12.7 Å². The molecule has 8 heteroatoms. The predicted octanol–water partition coefficient (Wildman–Crippen LogP) is 2.63. The zero-order valence-corrected chi connectivity index (χ0v) is 15.4. The van der Waals surface area contributed by atoms with Crippen molar-refractivity contribution in [3.8, 4) is 11.5 Å². The van der Waals surface area contributed by atoms with E-state index in [0.717, 1.165) is 0 Å². The van der Waals surface area contributed by atoms with Gasteiger partial charge < -0.3 is 19.0 Å². The van der Waals surface area contributed by atoms with Crippen LogP contribution in [0.15, 0.2) is 28.7 Å². The van der Waals surface area contributed by atoms with Gasteiger partial charge in [0.1, 0.15) is 11.6 Å². The molecule has 0 bridgehead atoms. The molecular weight excluding hydrogens is 353 g/mol. The molecule has 1 aromatic carbocycles. The zero-order chi connectivity index (χ0) is 19.4. The molecule has 1 fully saturated rings. The molecule has 1 saturated heterocycles. The zero-order valence-electron chi connectivity index (χ0n) is 15.4. The maximum absolute atomic E-state index is 13.9. The molecule has 2 aromatic rings. The van der Waals surface area contributed by atoms with Crippen LogP contribution in [0.2, 0.25) is 0 Å². The molecule has 0 aliphatic carbocycles. The first-order valence-electron chi connectivity index (χ1n) is 8.90. The highest BCUT2D eigenvalue weighted by atomic mass is 19.1. The van der Waals surface area contributed by atoms with Gasteiger partial charge in [0.25, 0.3) is 0 Å². The lowest BCUT2D eigenvalue weighted by Gasteiger charge is -2.34. The molecule has 0 unspecified atom stereocenters. The highest BCUT2D eigenvalue weighted by Gasteiger charge is 2.26. The van der Waals surface area contributed by atoms with Crippen LogP contribution >= 0.6 is 0 Å². The molecule has 1 aliphatic rings. The smallest absolute Gasteiger partial charge is 0.409 e. The molecule has 1 aliphatic heterocycles. The van der Waals surface area contributed by atoms with Crippen LogP contribution in [0.3, 0.4) is 0 Å². The number of aryl methyl sites for hydroxylation is 1. The molecule has 0 spiro atoms. The second-order valence-corrected chi connectivity index (χ2v) is 6.25. The number of ether oxygens (including phenoxy) is 1. The number of oxazole rings is 1. The molecule has 3 rings (SSSR count). The molecule has 27 heavy (non-hydrogen) atoms. The number of hydrogen-bond acceptors (Lipinski definition) is 5. The van der Waals surface area contributed by atoms with Gasteiger partial charge >= 0.3 is 6.09 Å². The Bertz CT molecular complexity index is 828. The second-order valence-electron chi connectivity index (χ2n) is 6.25. The van der Waals surface area contributed by atoms with Crippen LogP contribution < -0.4 is 0 Å². The molecule has 7 nitrogen and oxygen atoms in total. The van der Waals surface area contributed by atoms with Crippen molar-refractivity contribution in [1.29, 1.82) is 0 Å². The van der Waals surface area contributed by atoms with E-state index < -0.39 is 5.82 Å². The molecule has 0 radical (unpaired) electrons. The average molecular weight is 375 g/mol. The average Bonchev–Trinajstić information content (AvgIpc) is 3.02. The van der Waals surface area contributed by atoms with Crippen LogP contribution in [-0.4, -0.2) is 59.6 Å². The highest BCUT2D eigenvalue weighted by molar-refractivity contribution is 5.79. The van der Waals surface area contributed by atoms with Gasteiger partial charge in [0.15, 0.2) is 0 Å². The Kier molecular flexibility index (Phi) is 5.73. The number of hydrogen-bond donors (Lipinski definition) is 0. The summed E-state index contributed by atoms with van der Waals surface area (Å²) in [5, 5.41) is 0. The number of aromatic nitrogens is 1. The van der Waals surface area contributed by atoms with Crippen molar-refractivity contribution < 1.29 is 23.1 Å². The van der Waals surface area contributed by atoms with Gasteiger partial charge in [-0.2, -0.15) is 0 Å². The number of carbonyl (C=O) groups is 2. The van der Waals surface area contributed by atoms with E-state index in [0.29, 0.717) is 44.2 Å². The van der Waals surface area contributed by atoms with Crippen LogP contribution in [0.5, 0.6) is 0 Å². The Hall–Kier alpha value is -2.90. The number of amides is 2. The molecular formula is C19H22FN3O4. The van der Waals surface area contributed by atoms with Crippen molar-refractivity contribution in [2.75, 3.05) is 32.8 Å². The number of carbonyl (C=O) groups excluding carboxylic acids is 2. The van der Waals surface area contributed by atoms with Crippen LogP contribution in [0.25, 0.3) is 11.5 Å². The van der Waals surface area contributed by atoms with Gasteiger partial charge in [-0.05, 0) is 26.0 Å². The van der Waals surface area contributed by atoms with Gasteiger partial charge in [-0.1, -0.05) is 12.1 Å². The minimum atomic E-state index is -0.424. The van der Waals surface area contributed by atoms with E-state index in [2.05, 4.69) is 4.98 Å². The van der Waals surface area contributed by atoms with Crippen LogP contribution in [-0.2, 0) is 16.0 Å². The van der Waals surface area contributed by atoms with E-state index in [1.165, 1.54) is 6.07 Å². The van der Waals surface area contributed by atoms with E-state index in [1.54, 1.807) is 41.8 Å². The fourth-order valence-corrected chi connectivity index (χ4v) is 2.95. The SMILES string of the molecule is CCOC(=O)N1CCN(C(=O)Cc2nc(-c3ccccc3F)oc2C)CC1. The summed E-state index contributed by atoms with van der Waals surface area (Å²) in [4.78, 5) is 31.9. The lowest BCUT2D eigenvalue weighted by Crippen LogP contribution is -2.51. The van der Waals surface area contributed by atoms with E-state index in [-0.39, 0.29) is 29.9 Å². The van der Waals surface area contributed by atoms with Crippen molar-refractivity contribution in [3.63, 3.8) is 0 Å². The Morgan fingerprint density at radius 2 is 1.85 bits per heavy atom. The topological polar surface area (TPSA) is 75.9 Å². The van der Waals surface area contributed by atoms with Gasteiger partial charge in [0.05, 0.1) is 24.3 Å². The normalized spacial score (nSPS) is 14.3. The summed E-state index contributed by atoms with van der Waals surface area (Å²) in [7, 11) is 0. The predicted molar refractivity (Wildman–Crippen MR) is 95.5 cm³/mol. The minimum absolute atomic E-state index is 0.0726. The first kappa shape index (κ1) is 18.9. The third-order valence-corrected chi connectivity index (χ3v) is 4.47. The third-order valence-electron chi connectivity index (χ3n) is 4.47. The molecule has 144 valence electrons. The summed E-state index contributed by atoms with van der Waals surface area (Å²) in [6, 6.07) is 6.21. The van der Waals surface area contributed by atoms with E-state index >= 15 is 0 Å². The molecule has 2 heterocycles. The highest BCUT2D eigenvalue weighted by Crippen LogP contribution is 2.24. The number of rotatable bonds is 4. The van der Waals surface area contributed by atoms with Gasteiger partial charge in [-0.3, -0.25) is 4.79 Å². The van der Waals surface area contributed by atoms with Crippen molar-refractivity contribution in [2.45, 2.75) is 20.3 Å². The number of halogens is 1. The summed E-state index contributed by atoms with van der Waals surface area (Å²) in [6.07, 6.45) is -0.283. The summed E-state index contributed by atoms with van der Waals surface area (Å²) in [5.41, 5.74) is 0.758. The number of benzene rings is 1. The fourth-order valence-electron chi connectivity index (χ4n) is 2.95. The summed E-state index contributed by atoms with van der Waals surface area (Å²) < 4.78 is 24.4. The third kappa shape index (κ3) is 4.27. The monoisotopic (exact) mass is 375 g/mol. The number of nitrogens with zero attached hydrogens (tertiary/aromatic N) is 3. The Morgan fingerprint density at radius 3 is 2.52 bits per heavy atom. The first-order valence-corrected chi connectivity index (χ1v) is 8.90. The molecule has 0 saturated carbocycles. The lowest BCUT2D eigenvalue weighted by atomic mass is 10.2. The molecule has 0 N–H and O–H groups in total. The summed E-state index contributed by atoms with van der Waals surface area (Å²) >= 11 is 0. The lowest BCUT2D eigenvalue weighted by molar-refractivity contribution is -0.132. The molecule has 0 atom stereocenters.